The molecular weight excluding hydrogens is 286 g/mol. The van der Waals surface area contributed by atoms with E-state index in [1.807, 2.05) is 41.5 Å². The summed E-state index contributed by atoms with van der Waals surface area (Å²) in [5.74, 6) is 0. The topological polar surface area (TPSA) is 86.5 Å². The molecule has 0 aromatic carbocycles. The fourth-order valence-corrected chi connectivity index (χ4v) is 3.68. The van der Waals surface area contributed by atoms with E-state index in [0.717, 1.165) is 0 Å². The standard InChI is InChI=1S/C14H25N5OS/c1-9(2)16-14(6,8-15)7-11(5)21-13-18-17-12(20)19(13)10(3)4/h9-11,16H,7H2,1-6H3,(H,17,20). The minimum Gasteiger partial charge on any atom is -0.297 e. The molecule has 2 atom stereocenters. The van der Waals surface area contributed by atoms with Crippen molar-refractivity contribution >= 4 is 11.8 Å². The number of hydrogen-bond donors (Lipinski definition) is 2. The van der Waals surface area contributed by atoms with Gasteiger partial charge in [-0.2, -0.15) is 5.26 Å². The minimum atomic E-state index is -0.583. The predicted molar refractivity (Wildman–Crippen MR) is 85.5 cm³/mol. The van der Waals surface area contributed by atoms with E-state index in [1.54, 1.807) is 4.57 Å². The second kappa shape index (κ2) is 7.14. The third-order valence-electron chi connectivity index (χ3n) is 3.04. The van der Waals surface area contributed by atoms with Crippen molar-refractivity contribution in [3.05, 3.63) is 10.5 Å². The van der Waals surface area contributed by atoms with Crippen LogP contribution in [0.15, 0.2) is 9.95 Å². The highest BCUT2D eigenvalue weighted by Gasteiger charge is 2.28. The molecule has 1 aromatic rings. The summed E-state index contributed by atoms with van der Waals surface area (Å²) in [5, 5.41) is 20.1. The summed E-state index contributed by atoms with van der Waals surface area (Å²) in [6.45, 7) is 11.9. The number of thioether (sulfide) groups is 1. The molecule has 1 heterocycles. The number of H-pyrrole nitrogens is 1. The van der Waals surface area contributed by atoms with Crippen LogP contribution in [0.1, 0.15) is 54.0 Å². The van der Waals surface area contributed by atoms with E-state index in [-0.39, 0.29) is 23.0 Å². The number of nitrogens with zero attached hydrogens (tertiary/aromatic N) is 3. The molecule has 1 aromatic heterocycles. The summed E-state index contributed by atoms with van der Waals surface area (Å²) >= 11 is 1.52. The Balaban J connectivity index is 2.81. The van der Waals surface area contributed by atoms with E-state index >= 15 is 0 Å². The number of nitriles is 1. The molecule has 0 aliphatic carbocycles. The summed E-state index contributed by atoms with van der Waals surface area (Å²) in [6, 6.07) is 2.65. The van der Waals surface area contributed by atoms with Gasteiger partial charge in [0, 0.05) is 17.3 Å². The lowest BCUT2D eigenvalue weighted by molar-refractivity contribution is 0.382. The molecule has 0 bridgehead atoms. The predicted octanol–water partition coefficient (Wildman–Crippen LogP) is 2.30. The molecule has 118 valence electrons. The molecule has 0 fully saturated rings. The van der Waals surface area contributed by atoms with E-state index in [0.29, 0.717) is 11.6 Å². The maximum Gasteiger partial charge on any atom is 0.344 e. The quantitative estimate of drug-likeness (QED) is 0.755. The summed E-state index contributed by atoms with van der Waals surface area (Å²) in [6.07, 6.45) is 0.672. The summed E-state index contributed by atoms with van der Waals surface area (Å²) < 4.78 is 1.64. The number of hydrogen-bond acceptors (Lipinski definition) is 5. The highest BCUT2D eigenvalue weighted by molar-refractivity contribution is 7.99. The van der Waals surface area contributed by atoms with Gasteiger partial charge in [0.25, 0.3) is 0 Å². The van der Waals surface area contributed by atoms with Crippen LogP contribution < -0.4 is 11.0 Å². The minimum absolute atomic E-state index is 0.0575. The summed E-state index contributed by atoms with van der Waals surface area (Å²) in [5.41, 5.74) is -0.775. The first-order valence-electron chi connectivity index (χ1n) is 7.21. The van der Waals surface area contributed by atoms with Gasteiger partial charge >= 0.3 is 5.69 Å². The van der Waals surface area contributed by atoms with Crippen LogP contribution in [0.25, 0.3) is 0 Å². The van der Waals surface area contributed by atoms with E-state index in [1.165, 1.54) is 11.8 Å². The maximum atomic E-state index is 11.7. The van der Waals surface area contributed by atoms with Crippen molar-refractivity contribution in [3.8, 4) is 6.07 Å². The Morgan fingerprint density at radius 2 is 2.05 bits per heavy atom. The van der Waals surface area contributed by atoms with Gasteiger partial charge in [-0.3, -0.25) is 9.88 Å². The lowest BCUT2D eigenvalue weighted by Crippen LogP contribution is -2.46. The van der Waals surface area contributed by atoms with Crippen molar-refractivity contribution in [2.24, 2.45) is 0 Å². The number of aromatic nitrogens is 3. The molecule has 0 aliphatic heterocycles. The average Bonchev–Trinajstić information content (AvgIpc) is 2.68. The van der Waals surface area contributed by atoms with Gasteiger partial charge in [-0.05, 0) is 41.0 Å². The Morgan fingerprint density at radius 3 is 2.52 bits per heavy atom. The Hall–Kier alpha value is -1.26. The molecule has 0 saturated heterocycles. The van der Waals surface area contributed by atoms with Gasteiger partial charge in [-0.1, -0.05) is 18.7 Å². The van der Waals surface area contributed by atoms with Crippen molar-refractivity contribution in [2.75, 3.05) is 0 Å². The summed E-state index contributed by atoms with van der Waals surface area (Å²) in [4.78, 5) is 11.7. The largest absolute Gasteiger partial charge is 0.344 e. The third kappa shape index (κ3) is 4.90. The first-order chi connectivity index (χ1) is 9.68. The lowest BCUT2D eigenvalue weighted by atomic mass is 9.97. The van der Waals surface area contributed by atoms with Crippen LogP contribution in [0.4, 0.5) is 0 Å². The van der Waals surface area contributed by atoms with Crippen LogP contribution in [-0.2, 0) is 0 Å². The lowest BCUT2D eigenvalue weighted by Gasteiger charge is -2.28. The van der Waals surface area contributed by atoms with Gasteiger partial charge in [-0.25, -0.2) is 9.89 Å². The molecule has 0 aliphatic rings. The Labute approximate surface area is 130 Å². The SMILES string of the molecule is CC(C)NC(C)(C#N)CC(C)Sc1n[nH]c(=O)n1C(C)C. The van der Waals surface area contributed by atoms with Crippen LogP contribution in [-0.4, -0.2) is 31.6 Å². The molecule has 7 heteroatoms. The molecule has 1 rings (SSSR count). The fraction of sp³-hybridized carbons (Fsp3) is 0.786. The maximum absolute atomic E-state index is 11.7. The highest BCUT2D eigenvalue weighted by Crippen LogP contribution is 2.28. The molecule has 6 nitrogen and oxygen atoms in total. The third-order valence-corrected chi connectivity index (χ3v) is 4.11. The normalized spacial score (nSPS) is 16.0. The molecule has 0 spiro atoms. The van der Waals surface area contributed by atoms with Crippen molar-refractivity contribution in [1.82, 2.24) is 20.1 Å². The van der Waals surface area contributed by atoms with E-state index in [9.17, 15) is 10.1 Å². The highest BCUT2D eigenvalue weighted by atomic mass is 32.2. The Morgan fingerprint density at radius 1 is 1.43 bits per heavy atom. The second-order valence-corrected chi connectivity index (χ2v) is 7.56. The van der Waals surface area contributed by atoms with E-state index < -0.39 is 5.54 Å². The zero-order valence-corrected chi connectivity index (χ0v) is 14.4. The molecule has 2 N–H and O–H groups in total. The molecule has 21 heavy (non-hydrogen) atoms. The second-order valence-electron chi connectivity index (χ2n) is 6.15. The molecular formula is C14H25N5OS. The van der Waals surface area contributed by atoms with Crippen molar-refractivity contribution in [2.45, 2.75) is 76.0 Å². The van der Waals surface area contributed by atoms with Gasteiger partial charge in [-0.15, -0.1) is 5.10 Å². The first-order valence-corrected chi connectivity index (χ1v) is 8.09. The van der Waals surface area contributed by atoms with Crippen LogP contribution >= 0.6 is 11.8 Å². The Kier molecular flexibility index (Phi) is 6.05. The zero-order chi connectivity index (χ0) is 16.2. The first kappa shape index (κ1) is 17.8. The summed E-state index contributed by atoms with van der Waals surface area (Å²) in [7, 11) is 0. The van der Waals surface area contributed by atoms with Gasteiger partial charge in [0.1, 0.15) is 5.54 Å². The van der Waals surface area contributed by atoms with Gasteiger partial charge in [0.2, 0.25) is 0 Å². The fourth-order valence-electron chi connectivity index (χ4n) is 2.40. The molecule has 0 amide bonds. The van der Waals surface area contributed by atoms with Crippen LogP contribution in [0, 0.1) is 11.3 Å². The molecule has 0 saturated carbocycles. The van der Waals surface area contributed by atoms with Gasteiger partial charge in [0.15, 0.2) is 5.16 Å². The van der Waals surface area contributed by atoms with E-state index in [4.69, 9.17) is 0 Å². The number of aromatic amines is 1. The number of nitrogens with one attached hydrogen (secondary N) is 2. The van der Waals surface area contributed by atoms with Crippen molar-refractivity contribution < 1.29 is 0 Å². The van der Waals surface area contributed by atoms with E-state index in [2.05, 4.69) is 21.6 Å². The van der Waals surface area contributed by atoms with Crippen LogP contribution in [0.5, 0.6) is 0 Å². The van der Waals surface area contributed by atoms with Crippen molar-refractivity contribution in [1.29, 1.82) is 5.26 Å². The zero-order valence-electron chi connectivity index (χ0n) is 13.6. The Bertz CT molecular complexity index is 556. The van der Waals surface area contributed by atoms with Gasteiger partial charge < -0.3 is 0 Å². The van der Waals surface area contributed by atoms with Crippen molar-refractivity contribution in [3.63, 3.8) is 0 Å². The van der Waals surface area contributed by atoms with Crippen LogP contribution in [0.3, 0.4) is 0 Å². The van der Waals surface area contributed by atoms with Gasteiger partial charge in [0.05, 0.1) is 6.07 Å². The smallest absolute Gasteiger partial charge is 0.297 e. The monoisotopic (exact) mass is 311 g/mol. The molecule has 0 radical (unpaired) electrons. The van der Waals surface area contributed by atoms with Crippen LogP contribution in [0.2, 0.25) is 0 Å². The molecule has 2 unspecified atom stereocenters. The average molecular weight is 311 g/mol. The number of rotatable bonds is 7.